The first-order valence-corrected chi connectivity index (χ1v) is 4.45. The highest BCUT2D eigenvalue weighted by atomic mass is 16.3. The molecule has 0 saturated carbocycles. The summed E-state index contributed by atoms with van der Waals surface area (Å²) >= 11 is 0. The van der Waals surface area contributed by atoms with Crippen LogP contribution < -0.4 is 5.32 Å². The number of hydrogen-bond donors (Lipinski definition) is 2. The van der Waals surface area contributed by atoms with E-state index in [0.717, 1.165) is 24.5 Å². The topological polar surface area (TPSA) is 58.0 Å². The van der Waals surface area contributed by atoms with Crippen molar-refractivity contribution in [3.8, 4) is 0 Å². The fourth-order valence-corrected chi connectivity index (χ4v) is 1.04. The molecule has 0 aliphatic carbocycles. The largest absolute Gasteiger partial charge is 0.388 e. The van der Waals surface area contributed by atoms with Crippen LogP contribution in [0.5, 0.6) is 0 Å². The van der Waals surface area contributed by atoms with Gasteiger partial charge in [0.2, 0.25) is 0 Å². The molecular formula is C9H15N3O. The van der Waals surface area contributed by atoms with Crippen LogP contribution in [0.4, 0.5) is 5.82 Å². The predicted octanol–water partition coefficient (Wildman–Crippen LogP) is 1.10. The average molecular weight is 181 g/mol. The normalized spacial score (nSPS) is 10.1. The van der Waals surface area contributed by atoms with Gasteiger partial charge in [-0.25, -0.2) is 9.97 Å². The zero-order chi connectivity index (χ0) is 9.68. The Morgan fingerprint density at radius 3 is 2.85 bits per heavy atom. The fourth-order valence-electron chi connectivity index (χ4n) is 1.04. The highest BCUT2D eigenvalue weighted by molar-refractivity contribution is 5.35. The molecule has 0 bridgehead atoms. The molecule has 1 rings (SSSR count). The second-order valence-electron chi connectivity index (χ2n) is 2.90. The molecule has 0 aromatic carbocycles. The van der Waals surface area contributed by atoms with E-state index in [9.17, 15) is 0 Å². The van der Waals surface area contributed by atoms with Gasteiger partial charge < -0.3 is 10.4 Å². The highest BCUT2D eigenvalue weighted by Gasteiger charge is 1.99. The van der Waals surface area contributed by atoms with E-state index >= 15 is 0 Å². The summed E-state index contributed by atoms with van der Waals surface area (Å²) in [6, 6.07) is 1.87. The minimum atomic E-state index is -0.109. The van der Waals surface area contributed by atoms with E-state index < -0.39 is 0 Å². The van der Waals surface area contributed by atoms with Crippen LogP contribution in [0.2, 0.25) is 0 Å². The molecule has 4 heteroatoms. The first kappa shape index (κ1) is 9.92. The Kier molecular flexibility index (Phi) is 3.64. The van der Waals surface area contributed by atoms with Crippen molar-refractivity contribution in [1.82, 2.24) is 9.97 Å². The molecule has 72 valence electrons. The van der Waals surface area contributed by atoms with Gasteiger partial charge in [-0.2, -0.15) is 0 Å². The molecule has 0 radical (unpaired) electrons. The lowest BCUT2D eigenvalue weighted by Crippen LogP contribution is -2.05. The molecule has 4 nitrogen and oxygen atoms in total. The number of aromatic nitrogens is 2. The Morgan fingerprint density at radius 1 is 1.46 bits per heavy atom. The smallest absolute Gasteiger partial charge is 0.156 e. The summed E-state index contributed by atoms with van der Waals surface area (Å²) in [5.74, 6) is 1.26. The van der Waals surface area contributed by atoms with Crippen LogP contribution in [0.3, 0.4) is 0 Å². The summed E-state index contributed by atoms with van der Waals surface area (Å²) in [6.07, 6.45) is 1.05. The van der Waals surface area contributed by atoms with E-state index in [4.69, 9.17) is 5.11 Å². The van der Waals surface area contributed by atoms with E-state index in [-0.39, 0.29) is 6.61 Å². The third-order valence-corrected chi connectivity index (χ3v) is 1.60. The Hall–Kier alpha value is -1.16. The van der Waals surface area contributed by atoms with E-state index in [0.29, 0.717) is 5.82 Å². The first-order valence-electron chi connectivity index (χ1n) is 4.45. The lowest BCUT2D eigenvalue weighted by Gasteiger charge is -2.05. The molecule has 0 atom stereocenters. The molecule has 0 saturated heterocycles. The lowest BCUT2D eigenvalue weighted by molar-refractivity contribution is 0.271. The summed E-state index contributed by atoms with van der Waals surface area (Å²) < 4.78 is 0. The van der Waals surface area contributed by atoms with Crippen molar-refractivity contribution in [1.29, 1.82) is 0 Å². The number of aliphatic hydroxyl groups excluding tert-OH is 1. The van der Waals surface area contributed by atoms with Crippen LogP contribution in [0, 0.1) is 6.92 Å². The van der Waals surface area contributed by atoms with Crippen LogP contribution in [0.1, 0.15) is 24.9 Å². The van der Waals surface area contributed by atoms with Crippen molar-refractivity contribution in [3.63, 3.8) is 0 Å². The van der Waals surface area contributed by atoms with E-state index in [1.165, 1.54) is 0 Å². The van der Waals surface area contributed by atoms with E-state index in [1.54, 1.807) is 0 Å². The average Bonchev–Trinajstić information content (AvgIpc) is 2.14. The number of aryl methyl sites for hydroxylation is 1. The van der Waals surface area contributed by atoms with Crippen molar-refractivity contribution in [3.05, 3.63) is 17.6 Å². The summed E-state index contributed by atoms with van der Waals surface area (Å²) in [7, 11) is 0. The molecule has 0 amide bonds. The van der Waals surface area contributed by atoms with Gasteiger partial charge in [-0.15, -0.1) is 0 Å². The number of aliphatic hydroxyl groups is 1. The zero-order valence-corrected chi connectivity index (χ0v) is 8.04. The maximum atomic E-state index is 8.86. The van der Waals surface area contributed by atoms with Gasteiger partial charge in [0.05, 0.1) is 0 Å². The number of hydrogen-bond acceptors (Lipinski definition) is 4. The SMILES string of the molecule is CCCNc1cc(C)nc(CO)n1. The third-order valence-electron chi connectivity index (χ3n) is 1.60. The quantitative estimate of drug-likeness (QED) is 0.730. The van der Waals surface area contributed by atoms with Crippen molar-refractivity contribution in [2.75, 3.05) is 11.9 Å². The standard InChI is InChI=1S/C9H15N3O/c1-3-4-10-8-5-7(2)11-9(6-13)12-8/h5,13H,3-4,6H2,1-2H3,(H,10,11,12). The van der Waals surface area contributed by atoms with Crippen LogP contribution in [-0.4, -0.2) is 21.6 Å². The maximum absolute atomic E-state index is 8.86. The van der Waals surface area contributed by atoms with Gasteiger partial charge in [-0.05, 0) is 13.3 Å². The molecule has 1 aromatic rings. The van der Waals surface area contributed by atoms with Crippen molar-refractivity contribution in [2.45, 2.75) is 26.9 Å². The second kappa shape index (κ2) is 4.77. The number of nitrogens with one attached hydrogen (secondary N) is 1. The van der Waals surface area contributed by atoms with Gasteiger partial charge in [0.15, 0.2) is 5.82 Å². The van der Waals surface area contributed by atoms with Gasteiger partial charge in [0, 0.05) is 18.3 Å². The Labute approximate surface area is 78.0 Å². The maximum Gasteiger partial charge on any atom is 0.156 e. The zero-order valence-electron chi connectivity index (χ0n) is 8.04. The van der Waals surface area contributed by atoms with Gasteiger partial charge in [0.1, 0.15) is 12.4 Å². The summed E-state index contributed by atoms with van der Waals surface area (Å²) in [5, 5.41) is 12.0. The molecule has 1 aromatic heterocycles. The Bertz CT molecular complexity index is 276. The summed E-state index contributed by atoms with van der Waals surface area (Å²) in [5.41, 5.74) is 0.873. The minimum absolute atomic E-state index is 0.109. The van der Waals surface area contributed by atoms with E-state index in [1.807, 2.05) is 13.0 Å². The molecule has 1 heterocycles. The van der Waals surface area contributed by atoms with Gasteiger partial charge in [-0.1, -0.05) is 6.92 Å². The van der Waals surface area contributed by atoms with Gasteiger partial charge in [-0.3, -0.25) is 0 Å². The number of nitrogens with zero attached hydrogens (tertiary/aromatic N) is 2. The van der Waals surface area contributed by atoms with Gasteiger partial charge in [0.25, 0.3) is 0 Å². The Balaban J connectivity index is 2.76. The number of rotatable bonds is 4. The van der Waals surface area contributed by atoms with Crippen LogP contribution in [0.25, 0.3) is 0 Å². The van der Waals surface area contributed by atoms with Crippen molar-refractivity contribution >= 4 is 5.82 Å². The Morgan fingerprint density at radius 2 is 2.23 bits per heavy atom. The third kappa shape index (κ3) is 2.99. The highest BCUT2D eigenvalue weighted by Crippen LogP contribution is 2.05. The molecule has 0 aliphatic rings. The molecule has 2 N–H and O–H groups in total. The summed E-state index contributed by atoms with van der Waals surface area (Å²) in [6.45, 7) is 4.76. The van der Waals surface area contributed by atoms with Gasteiger partial charge >= 0.3 is 0 Å². The van der Waals surface area contributed by atoms with Crippen molar-refractivity contribution < 1.29 is 5.11 Å². The van der Waals surface area contributed by atoms with Crippen molar-refractivity contribution in [2.24, 2.45) is 0 Å². The molecule has 0 spiro atoms. The molecule has 0 aliphatic heterocycles. The minimum Gasteiger partial charge on any atom is -0.388 e. The second-order valence-corrected chi connectivity index (χ2v) is 2.90. The molecule has 0 fully saturated rings. The van der Waals surface area contributed by atoms with E-state index in [2.05, 4.69) is 22.2 Å². The molecule has 13 heavy (non-hydrogen) atoms. The van der Waals surface area contributed by atoms with Crippen LogP contribution in [0.15, 0.2) is 6.07 Å². The fraction of sp³-hybridized carbons (Fsp3) is 0.556. The number of anilines is 1. The molecular weight excluding hydrogens is 166 g/mol. The lowest BCUT2D eigenvalue weighted by atomic mass is 10.4. The monoisotopic (exact) mass is 181 g/mol. The van der Waals surface area contributed by atoms with Crippen LogP contribution >= 0.6 is 0 Å². The summed E-state index contributed by atoms with van der Waals surface area (Å²) in [4.78, 5) is 8.18. The molecule has 0 unspecified atom stereocenters. The predicted molar refractivity (Wildman–Crippen MR) is 51.5 cm³/mol. The van der Waals surface area contributed by atoms with Crippen LogP contribution in [-0.2, 0) is 6.61 Å². The first-order chi connectivity index (χ1) is 6.26.